The molecule has 0 unspecified atom stereocenters. The van der Waals surface area contributed by atoms with Crippen LogP contribution in [0, 0.1) is 0 Å². The van der Waals surface area contributed by atoms with Crippen molar-refractivity contribution in [3.63, 3.8) is 0 Å². The van der Waals surface area contributed by atoms with Crippen molar-refractivity contribution in [1.29, 1.82) is 0 Å². The van der Waals surface area contributed by atoms with E-state index in [0.29, 0.717) is 0 Å². The maximum Gasteiger partial charge on any atom is 0.161 e. The lowest BCUT2D eigenvalue weighted by Crippen LogP contribution is -1.94. The lowest BCUT2D eigenvalue weighted by molar-refractivity contribution is 1.24. The molecule has 0 atom stereocenters. The minimum absolute atomic E-state index is 0.739. The maximum atomic E-state index is 5.39. The van der Waals surface area contributed by atoms with Gasteiger partial charge < -0.3 is 0 Å². The number of thiophene rings is 1. The summed E-state index contributed by atoms with van der Waals surface area (Å²) in [5, 5.41) is 7.18. The Hall–Kier alpha value is -5.64. The molecule has 45 heavy (non-hydrogen) atoms. The van der Waals surface area contributed by atoms with Gasteiger partial charge in [-0.15, -0.1) is 11.3 Å². The molecule has 2 nitrogen and oxygen atoms in total. The van der Waals surface area contributed by atoms with Crippen molar-refractivity contribution in [3.05, 3.63) is 158 Å². The first-order valence-corrected chi connectivity index (χ1v) is 16.0. The van der Waals surface area contributed by atoms with Gasteiger partial charge in [-0.2, -0.15) is 0 Å². The third-order valence-corrected chi connectivity index (χ3v) is 9.71. The number of rotatable bonds is 4. The van der Waals surface area contributed by atoms with Crippen LogP contribution in [-0.2, 0) is 0 Å². The van der Waals surface area contributed by atoms with Crippen LogP contribution in [0.2, 0.25) is 0 Å². The topological polar surface area (TPSA) is 25.8 Å². The van der Waals surface area contributed by atoms with Crippen LogP contribution in [0.25, 0.3) is 86.7 Å². The van der Waals surface area contributed by atoms with Gasteiger partial charge in [-0.05, 0) is 68.1 Å². The van der Waals surface area contributed by atoms with Gasteiger partial charge in [0.2, 0.25) is 0 Å². The normalized spacial score (nSPS) is 11.6. The summed E-state index contributed by atoms with van der Waals surface area (Å²) in [6, 6.07) is 56.1. The molecule has 9 aromatic rings. The Morgan fingerprint density at radius 3 is 1.78 bits per heavy atom. The van der Waals surface area contributed by atoms with E-state index in [0.717, 1.165) is 38.4 Å². The third-order valence-electron chi connectivity index (χ3n) is 8.67. The first-order valence-electron chi connectivity index (χ1n) is 15.2. The van der Waals surface area contributed by atoms with E-state index < -0.39 is 0 Å². The molecule has 9 rings (SSSR count). The minimum Gasteiger partial charge on any atom is -0.227 e. The van der Waals surface area contributed by atoms with Crippen LogP contribution in [0.4, 0.5) is 0 Å². The van der Waals surface area contributed by atoms with Crippen molar-refractivity contribution in [2.45, 2.75) is 0 Å². The Balaban J connectivity index is 1.27. The van der Waals surface area contributed by atoms with Crippen molar-refractivity contribution in [3.8, 4) is 44.9 Å². The zero-order valence-electron chi connectivity index (χ0n) is 24.3. The monoisotopic (exact) mass is 590 g/mol. The van der Waals surface area contributed by atoms with E-state index in [9.17, 15) is 0 Å². The van der Waals surface area contributed by atoms with E-state index in [1.54, 1.807) is 11.3 Å². The summed E-state index contributed by atoms with van der Waals surface area (Å²) >= 11 is 1.75. The largest absolute Gasteiger partial charge is 0.227 e. The average Bonchev–Trinajstić information content (AvgIpc) is 3.47. The summed E-state index contributed by atoms with van der Waals surface area (Å²) in [7, 11) is 0. The fourth-order valence-corrected chi connectivity index (χ4v) is 7.57. The summed E-state index contributed by atoms with van der Waals surface area (Å²) in [5.74, 6) is 0.739. The molecule has 0 aliphatic carbocycles. The van der Waals surface area contributed by atoms with Crippen LogP contribution in [0.5, 0.6) is 0 Å². The van der Waals surface area contributed by atoms with Gasteiger partial charge in [-0.3, -0.25) is 0 Å². The van der Waals surface area contributed by atoms with E-state index in [-0.39, 0.29) is 0 Å². The molecule has 0 aliphatic heterocycles. The number of nitrogens with zero attached hydrogens (tertiary/aromatic N) is 2. The van der Waals surface area contributed by atoms with Crippen LogP contribution < -0.4 is 0 Å². The molecule has 0 fully saturated rings. The lowest BCUT2D eigenvalue weighted by Gasteiger charge is -2.11. The second-order valence-corrected chi connectivity index (χ2v) is 12.5. The molecule has 0 amide bonds. The standard InChI is InChI=1S/C42H26N2S/c1-2-11-27(12-3-1)29-17-8-18-30(23-29)31-19-9-20-34(24-31)41-43-40(36-22-10-16-28-13-6-7-21-35(28)36)39-37-25-32-14-4-5-15-33(32)26-38(37)45-42(39)44-41/h1-26H. The van der Waals surface area contributed by atoms with Crippen molar-refractivity contribution in [2.24, 2.45) is 0 Å². The van der Waals surface area contributed by atoms with Gasteiger partial charge in [0.15, 0.2) is 5.82 Å². The lowest BCUT2D eigenvalue weighted by atomic mass is 9.97. The number of hydrogen-bond acceptors (Lipinski definition) is 3. The molecule has 0 bridgehead atoms. The highest BCUT2D eigenvalue weighted by molar-refractivity contribution is 7.25. The Bertz CT molecular complexity index is 2540. The smallest absolute Gasteiger partial charge is 0.161 e. The molecule has 210 valence electrons. The van der Waals surface area contributed by atoms with Crippen molar-refractivity contribution >= 4 is 53.2 Å². The van der Waals surface area contributed by atoms with Gasteiger partial charge in [0.1, 0.15) is 4.83 Å². The Morgan fingerprint density at radius 1 is 0.400 bits per heavy atom. The average molecular weight is 591 g/mol. The number of fused-ring (bicyclic) bond motifs is 5. The fraction of sp³-hybridized carbons (Fsp3) is 0. The molecule has 0 aliphatic rings. The number of aromatic nitrogens is 2. The van der Waals surface area contributed by atoms with Crippen molar-refractivity contribution < 1.29 is 0 Å². The summed E-state index contributed by atoms with van der Waals surface area (Å²) in [6.07, 6.45) is 0. The molecule has 2 heterocycles. The fourth-order valence-electron chi connectivity index (χ4n) is 6.46. The van der Waals surface area contributed by atoms with Crippen LogP contribution >= 0.6 is 11.3 Å². The highest BCUT2D eigenvalue weighted by Gasteiger charge is 2.19. The molecule has 0 spiro atoms. The van der Waals surface area contributed by atoms with Gasteiger partial charge in [0.05, 0.1) is 5.69 Å². The highest BCUT2D eigenvalue weighted by atomic mass is 32.1. The highest BCUT2D eigenvalue weighted by Crippen LogP contribution is 2.43. The summed E-state index contributed by atoms with van der Waals surface area (Å²) in [6.45, 7) is 0. The Kier molecular flexibility index (Phi) is 6.03. The van der Waals surface area contributed by atoms with Gasteiger partial charge in [0.25, 0.3) is 0 Å². The molecular formula is C42H26N2S. The summed E-state index contributed by atoms with van der Waals surface area (Å²) in [5.41, 5.74) is 7.83. The minimum atomic E-state index is 0.739. The second-order valence-electron chi connectivity index (χ2n) is 11.4. The van der Waals surface area contributed by atoms with Gasteiger partial charge in [0, 0.05) is 26.6 Å². The molecule has 7 aromatic carbocycles. The van der Waals surface area contributed by atoms with Crippen LogP contribution in [0.15, 0.2) is 158 Å². The Labute approximate surface area is 264 Å². The van der Waals surface area contributed by atoms with E-state index in [1.807, 2.05) is 0 Å². The van der Waals surface area contributed by atoms with E-state index in [2.05, 4.69) is 158 Å². The predicted octanol–water partition coefficient (Wildman–Crippen LogP) is 11.8. The Morgan fingerprint density at radius 2 is 0.978 bits per heavy atom. The summed E-state index contributed by atoms with van der Waals surface area (Å²) in [4.78, 5) is 11.6. The molecule has 0 radical (unpaired) electrons. The van der Waals surface area contributed by atoms with Gasteiger partial charge >= 0.3 is 0 Å². The third kappa shape index (κ3) is 4.48. The predicted molar refractivity (Wildman–Crippen MR) is 192 cm³/mol. The SMILES string of the molecule is c1ccc(-c2cccc(-c3cccc(-c4nc(-c5cccc6ccccc56)c5c(n4)sc4cc6ccccc6cc45)c3)c2)cc1. The van der Waals surface area contributed by atoms with E-state index in [4.69, 9.17) is 9.97 Å². The van der Waals surface area contributed by atoms with E-state index in [1.165, 1.54) is 48.3 Å². The molecule has 2 aromatic heterocycles. The molecule has 3 heteroatoms. The quantitative estimate of drug-likeness (QED) is 0.204. The zero-order chi connectivity index (χ0) is 29.7. The maximum absolute atomic E-state index is 5.39. The van der Waals surface area contributed by atoms with Crippen LogP contribution in [0.3, 0.4) is 0 Å². The molecule has 0 saturated carbocycles. The van der Waals surface area contributed by atoms with Crippen molar-refractivity contribution in [2.75, 3.05) is 0 Å². The number of hydrogen-bond donors (Lipinski definition) is 0. The first kappa shape index (κ1) is 25.8. The van der Waals surface area contributed by atoms with Crippen LogP contribution in [0.1, 0.15) is 0 Å². The van der Waals surface area contributed by atoms with Gasteiger partial charge in [-0.25, -0.2) is 9.97 Å². The first-order chi connectivity index (χ1) is 22.3. The zero-order valence-corrected chi connectivity index (χ0v) is 25.1. The number of benzene rings is 7. The molecular weight excluding hydrogens is 565 g/mol. The second kappa shape index (κ2) is 10.5. The van der Waals surface area contributed by atoms with Crippen LogP contribution in [-0.4, -0.2) is 9.97 Å². The van der Waals surface area contributed by atoms with E-state index >= 15 is 0 Å². The summed E-state index contributed by atoms with van der Waals surface area (Å²) < 4.78 is 1.23. The molecule has 0 saturated heterocycles. The molecule has 0 N–H and O–H groups in total. The van der Waals surface area contributed by atoms with Crippen molar-refractivity contribution in [1.82, 2.24) is 9.97 Å². The van der Waals surface area contributed by atoms with Gasteiger partial charge in [-0.1, -0.05) is 133 Å².